The highest BCUT2D eigenvalue weighted by atomic mass is 19.4. The van der Waals surface area contributed by atoms with E-state index in [1.165, 1.54) is 0 Å². The molecule has 1 aliphatic rings. The number of rotatable bonds is 0. The molecule has 0 unspecified atom stereocenters. The van der Waals surface area contributed by atoms with Gasteiger partial charge in [-0.15, -0.1) is 0 Å². The Kier molecular flexibility index (Phi) is 9.72. The molecule has 5 N–H and O–H groups in total. The Balaban J connectivity index is 0. The average molecular weight is 328 g/mol. The lowest BCUT2D eigenvalue weighted by molar-refractivity contribution is -0.193. The van der Waals surface area contributed by atoms with Crippen LogP contribution in [-0.4, -0.2) is 53.6 Å². The lowest BCUT2D eigenvalue weighted by atomic mass is 10.1. The first kappa shape index (κ1) is 21.7. The summed E-state index contributed by atoms with van der Waals surface area (Å²) in [6, 6.07) is 0.473. The second kappa shape index (κ2) is 9.39. The first-order valence-electron chi connectivity index (χ1n) is 5.35. The zero-order valence-corrected chi connectivity index (χ0v) is 10.5. The molecule has 1 saturated heterocycles. The minimum atomic E-state index is -5.08. The minimum Gasteiger partial charge on any atom is -0.475 e. The van der Waals surface area contributed by atoms with Crippen molar-refractivity contribution in [3.05, 3.63) is 0 Å². The summed E-state index contributed by atoms with van der Waals surface area (Å²) in [5.74, 6) is -5.51. The number of halogens is 6. The minimum absolute atomic E-state index is 0.473. The zero-order valence-electron chi connectivity index (χ0n) is 10.5. The van der Waals surface area contributed by atoms with Gasteiger partial charge in [-0.05, 0) is 25.9 Å². The molecule has 1 fully saturated rings. The number of nitrogens with one attached hydrogen (secondary N) is 1. The van der Waals surface area contributed by atoms with Crippen LogP contribution in [0.5, 0.6) is 0 Å². The van der Waals surface area contributed by atoms with E-state index < -0.39 is 24.3 Å². The van der Waals surface area contributed by atoms with Crippen molar-refractivity contribution in [2.75, 3.05) is 13.1 Å². The highest BCUT2D eigenvalue weighted by Crippen LogP contribution is 2.13. The number of carboxylic acid groups (broad SMARTS) is 2. The molecule has 1 aliphatic heterocycles. The molecule has 0 bridgehead atoms. The van der Waals surface area contributed by atoms with E-state index in [1.807, 2.05) is 0 Å². The van der Waals surface area contributed by atoms with Crippen molar-refractivity contribution in [2.24, 2.45) is 5.73 Å². The van der Waals surface area contributed by atoms with Crippen LogP contribution in [0.25, 0.3) is 0 Å². The summed E-state index contributed by atoms with van der Waals surface area (Å²) in [7, 11) is 0. The van der Waals surface area contributed by atoms with Crippen molar-refractivity contribution < 1.29 is 46.1 Å². The van der Waals surface area contributed by atoms with Crippen LogP contribution < -0.4 is 11.1 Å². The maximum Gasteiger partial charge on any atom is 0.490 e. The smallest absolute Gasteiger partial charge is 0.475 e. The Bertz CT molecular complexity index is 301. The third kappa shape index (κ3) is 14.7. The van der Waals surface area contributed by atoms with E-state index in [0.29, 0.717) is 6.04 Å². The van der Waals surface area contributed by atoms with E-state index in [9.17, 15) is 26.3 Å². The Morgan fingerprint density at radius 1 is 0.905 bits per heavy atom. The van der Waals surface area contributed by atoms with Crippen molar-refractivity contribution in [3.63, 3.8) is 0 Å². The summed E-state index contributed by atoms with van der Waals surface area (Å²) >= 11 is 0. The fraction of sp³-hybridized carbons (Fsp3) is 0.778. The summed E-state index contributed by atoms with van der Waals surface area (Å²) in [4.78, 5) is 17.8. The summed E-state index contributed by atoms with van der Waals surface area (Å²) in [6.07, 6.45) is -7.86. The van der Waals surface area contributed by atoms with Crippen molar-refractivity contribution in [3.8, 4) is 0 Å². The zero-order chi connectivity index (χ0) is 17.3. The predicted octanol–water partition coefficient (Wildman–Crippen LogP) is 0.964. The number of carbonyl (C=O) groups is 2. The molecule has 0 aromatic heterocycles. The van der Waals surface area contributed by atoms with Gasteiger partial charge in [0.15, 0.2) is 0 Å². The number of nitrogens with two attached hydrogens (primary N) is 1. The molecule has 0 saturated carbocycles. The molecule has 0 aromatic rings. The second-order valence-corrected chi connectivity index (χ2v) is 3.69. The highest BCUT2D eigenvalue weighted by molar-refractivity contribution is 5.73. The van der Waals surface area contributed by atoms with E-state index in [4.69, 9.17) is 25.5 Å². The molecule has 0 radical (unpaired) electrons. The van der Waals surface area contributed by atoms with Crippen LogP contribution in [-0.2, 0) is 9.59 Å². The largest absolute Gasteiger partial charge is 0.490 e. The summed E-state index contributed by atoms with van der Waals surface area (Å²) in [5, 5.41) is 17.5. The second-order valence-electron chi connectivity index (χ2n) is 3.69. The molecule has 1 heterocycles. The number of carboxylic acids is 2. The molecule has 12 heteroatoms. The quantitative estimate of drug-likeness (QED) is 0.493. The number of alkyl halides is 6. The number of aliphatic carboxylic acids is 2. The molecule has 0 spiro atoms. The molecular weight excluding hydrogens is 314 g/mol. The summed E-state index contributed by atoms with van der Waals surface area (Å²) < 4.78 is 63.5. The first-order chi connectivity index (χ1) is 9.28. The standard InChI is InChI=1S/C5H12N2.2C2HF3O2/c6-5-1-3-7-4-2-5;2*3-2(4,5)1(6)7/h5,7H,1-4,6H2;2*(H,6,7). The molecule has 0 aliphatic carbocycles. The van der Waals surface area contributed by atoms with Crippen LogP contribution in [0.15, 0.2) is 0 Å². The van der Waals surface area contributed by atoms with E-state index >= 15 is 0 Å². The monoisotopic (exact) mass is 328 g/mol. The molecule has 21 heavy (non-hydrogen) atoms. The maximum atomic E-state index is 10.6. The van der Waals surface area contributed by atoms with Gasteiger partial charge in [0.1, 0.15) is 0 Å². The predicted molar refractivity (Wildman–Crippen MR) is 57.5 cm³/mol. The summed E-state index contributed by atoms with van der Waals surface area (Å²) in [6.45, 7) is 2.22. The number of hydrogen-bond donors (Lipinski definition) is 4. The third-order valence-corrected chi connectivity index (χ3v) is 1.87. The van der Waals surface area contributed by atoms with Gasteiger partial charge in [-0.3, -0.25) is 0 Å². The molecule has 6 nitrogen and oxygen atoms in total. The van der Waals surface area contributed by atoms with Crippen LogP contribution in [0.3, 0.4) is 0 Å². The summed E-state index contributed by atoms with van der Waals surface area (Å²) in [5.41, 5.74) is 5.59. The average Bonchev–Trinajstić information content (AvgIpc) is 2.28. The molecule has 0 aromatic carbocycles. The Labute approximate surface area is 114 Å². The molecule has 0 amide bonds. The van der Waals surface area contributed by atoms with Crippen molar-refractivity contribution in [1.82, 2.24) is 5.32 Å². The normalized spacial score (nSPS) is 16.0. The van der Waals surface area contributed by atoms with Gasteiger partial charge < -0.3 is 21.3 Å². The van der Waals surface area contributed by atoms with Crippen molar-refractivity contribution in [2.45, 2.75) is 31.2 Å². The molecule has 0 atom stereocenters. The third-order valence-electron chi connectivity index (χ3n) is 1.87. The van der Waals surface area contributed by atoms with Gasteiger partial charge in [0, 0.05) is 6.04 Å². The van der Waals surface area contributed by atoms with E-state index in [-0.39, 0.29) is 0 Å². The topological polar surface area (TPSA) is 113 Å². The SMILES string of the molecule is NC1CCNCC1.O=C(O)C(F)(F)F.O=C(O)C(F)(F)F. The fourth-order valence-corrected chi connectivity index (χ4v) is 0.844. The Hall–Kier alpha value is -1.56. The van der Waals surface area contributed by atoms with Crippen molar-refractivity contribution >= 4 is 11.9 Å². The number of hydrogen-bond acceptors (Lipinski definition) is 4. The van der Waals surface area contributed by atoms with Gasteiger partial charge in [-0.1, -0.05) is 0 Å². The number of piperidine rings is 1. The van der Waals surface area contributed by atoms with Gasteiger partial charge in [-0.2, -0.15) is 26.3 Å². The van der Waals surface area contributed by atoms with E-state index in [0.717, 1.165) is 25.9 Å². The van der Waals surface area contributed by atoms with Gasteiger partial charge in [0.2, 0.25) is 0 Å². The van der Waals surface area contributed by atoms with Crippen LogP contribution in [0.4, 0.5) is 26.3 Å². The van der Waals surface area contributed by atoms with Crippen LogP contribution in [0.2, 0.25) is 0 Å². The van der Waals surface area contributed by atoms with E-state index in [1.54, 1.807) is 0 Å². The molecule has 126 valence electrons. The van der Waals surface area contributed by atoms with Gasteiger partial charge >= 0.3 is 24.3 Å². The Morgan fingerprint density at radius 3 is 1.24 bits per heavy atom. The fourth-order valence-electron chi connectivity index (χ4n) is 0.844. The van der Waals surface area contributed by atoms with Crippen molar-refractivity contribution in [1.29, 1.82) is 0 Å². The lowest BCUT2D eigenvalue weighted by Crippen LogP contribution is -2.35. The molecular formula is C9H14F6N2O4. The lowest BCUT2D eigenvalue weighted by Gasteiger charge is -2.17. The maximum absolute atomic E-state index is 10.6. The van der Waals surface area contributed by atoms with Crippen LogP contribution in [0.1, 0.15) is 12.8 Å². The van der Waals surface area contributed by atoms with Gasteiger partial charge in [-0.25, -0.2) is 9.59 Å². The first-order valence-corrected chi connectivity index (χ1v) is 5.35. The Morgan fingerprint density at radius 2 is 1.14 bits per heavy atom. The van der Waals surface area contributed by atoms with Gasteiger partial charge in [0.25, 0.3) is 0 Å². The van der Waals surface area contributed by atoms with E-state index in [2.05, 4.69) is 5.32 Å². The van der Waals surface area contributed by atoms with Crippen LogP contribution in [0, 0.1) is 0 Å². The molecule has 1 rings (SSSR count). The van der Waals surface area contributed by atoms with Gasteiger partial charge in [0.05, 0.1) is 0 Å². The van der Waals surface area contributed by atoms with Crippen LogP contribution >= 0.6 is 0 Å². The highest BCUT2D eigenvalue weighted by Gasteiger charge is 2.38.